The lowest BCUT2D eigenvalue weighted by atomic mass is 10.3. The first-order valence-corrected chi connectivity index (χ1v) is 4.15. The number of hydrogen-bond donors (Lipinski definition) is 3. The third kappa shape index (κ3) is 2.82. The molecule has 1 aromatic heterocycles. The van der Waals surface area contributed by atoms with Crippen LogP contribution in [0.25, 0.3) is 0 Å². The number of nitrogens with zero attached hydrogens (tertiary/aromatic N) is 2. The molecule has 3 N–H and O–H groups in total. The first-order chi connectivity index (χ1) is 6.80. The van der Waals surface area contributed by atoms with Gasteiger partial charge in [-0.25, -0.2) is 4.98 Å². The molecule has 0 atom stereocenters. The molecule has 0 saturated carbocycles. The molecular formula is C8H13N3O3. The minimum absolute atomic E-state index is 0.183. The van der Waals surface area contributed by atoms with Crippen molar-refractivity contribution < 1.29 is 14.9 Å². The minimum atomic E-state index is -0.456. The molecule has 78 valence electrons. The van der Waals surface area contributed by atoms with Crippen LogP contribution in [0.3, 0.4) is 0 Å². The van der Waals surface area contributed by atoms with Crippen molar-refractivity contribution in [1.29, 1.82) is 0 Å². The van der Waals surface area contributed by atoms with Crippen molar-refractivity contribution in [1.82, 2.24) is 9.97 Å². The van der Waals surface area contributed by atoms with E-state index in [1.54, 1.807) is 6.07 Å². The number of ether oxygens (including phenoxy) is 1. The van der Waals surface area contributed by atoms with Crippen LogP contribution in [0.5, 0.6) is 5.88 Å². The Morgan fingerprint density at radius 3 is 2.79 bits per heavy atom. The Hall–Kier alpha value is -1.40. The van der Waals surface area contributed by atoms with Crippen molar-refractivity contribution in [3.63, 3.8) is 0 Å². The number of rotatable bonds is 5. The maximum absolute atomic E-state index is 8.80. The van der Waals surface area contributed by atoms with Crippen molar-refractivity contribution >= 4 is 5.95 Å². The lowest BCUT2D eigenvalue weighted by Gasteiger charge is -2.12. The highest BCUT2D eigenvalue weighted by molar-refractivity contribution is 5.28. The number of aliphatic hydroxyl groups excluding tert-OH is 2. The van der Waals surface area contributed by atoms with E-state index < -0.39 is 6.04 Å². The van der Waals surface area contributed by atoms with Crippen LogP contribution in [0.4, 0.5) is 5.95 Å². The van der Waals surface area contributed by atoms with Gasteiger partial charge in [-0.05, 0) is 0 Å². The molecule has 1 rings (SSSR count). The fourth-order valence-electron chi connectivity index (χ4n) is 0.857. The molecule has 0 spiro atoms. The van der Waals surface area contributed by atoms with E-state index in [1.807, 2.05) is 0 Å². The maximum Gasteiger partial charge on any atom is 0.226 e. The second kappa shape index (κ2) is 5.36. The molecule has 6 nitrogen and oxygen atoms in total. The molecular weight excluding hydrogens is 186 g/mol. The molecule has 1 aromatic rings. The summed E-state index contributed by atoms with van der Waals surface area (Å²) in [4.78, 5) is 7.86. The Labute approximate surface area is 81.6 Å². The smallest absolute Gasteiger partial charge is 0.226 e. The van der Waals surface area contributed by atoms with Crippen molar-refractivity contribution in [2.24, 2.45) is 0 Å². The Kier molecular flexibility index (Phi) is 4.09. The van der Waals surface area contributed by atoms with Crippen LogP contribution >= 0.6 is 0 Å². The lowest BCUT2D eigenvalue weighted by molar-refractivity contribution is 0.203. The van der Waals surface area contributed by atoms with Crippen molar-refractivity contribution in [2.75, 3.05) is 25.6 Å². The van der Waals surface area contributed by atoms with Gasteiger partial charge in [0.1, 0.15) is 0 Å². The van der Waals surface area contributed by atoms with Crippen LogP contribution in [0.2, 0.25) is 0 Å². The summed E-state index contributed by atoms with van der Waals surface area (Å²) in [5.74, 6) is 0.745. The van der Waals surface area contributed by atoms with Gasteiger partial charge in [0.2, 0.25) is 11.8 Å². The Balaban J connectivity index is 2.65. The van der Waals surface area contributed by atoms with E-state index in [9.17, 15) is 0 Å². The Morgan fingerprint density at radius 1 is 1.50 bits per heavy atom. The van der Waals surface area contributed by atoms with Crippen LogP contribution in [0, 0.1) is 0 Å². The predicted molar refractivity (Wildman–Crippen MR) is 50.2 cm³/mol. The summed E-state index contributed by atoms with van der Waals surface area (Å²) < 4.78 is 4.89. The largest absolute Gasteiger partial charge is 0.481 e. The van der Waals surface area contributed by atoms with E-state index in [0.29, 0.717) is 11.8 Å². The molecule has 6 heteroatoms. The fraction of sp³-hybridized carbons (Fsp3) is 0.500. The monoisotopic (exact) mass is 199 g/mol. The van der Waals surface area contributed by atoms with Crippen LogP contribution in [-0.2, 0) is 0 Å². The van der Waals surface area contributed by atoms with Crippen molar-refractivity contribution in [2.45, 2.75) is 6.04 Å². The highest BCUT2D eigenvalue weighted by atomic mass is 16.5. The molecule has 0 radical (unpaired) electrons. The van der Waals surface area contributed by atoms with Gasteiger partial charge in [0, 0.05) is 12.3 Å². The summed E-state index contributed by atoms with van der Waals surface area (Å²) >= 11 is 0. The first kappa shape index (κ1) is 10.7. The van der Waals surface area contributed by atoms with Gasteiger partial charge in [0.25, 0.3) is 0 Å². The maximum atomic E-state index is 8.80. The molecule has 0 saturated heterocycles. The summed E-state index contributed by atoms with van der Waals surface area (Å²) in [5, 5.41) is 20.4. The topological polar surface area (TPSA) is 87.5 Å². The Bertz CT molecular complexity index is 278. The molecule has 0 bridgehead atoms. The average Bonchev–Trinajstić information content (AvgIpc) is 2.26. The first-order valence-electron chi connectivity index (χ1n) is 4.15. The molecule has 0 aliphatic heterocycles. The molecule has 0 aliphatic carbocycles. The zero-order valence-corrected chi connectivity index (χ0v) is 7.84. The third-order valence-corrected chi connectivity index (χ3v) is 1.61. The van der Waals surface area contributed by atoms with Gasteiger partial charge in [0.15, 0.2) is 0 Å². The molecule has 0 unspecified atom stereocenters. The number of methoxy groups -OCH3 is 1. The van der Waals surface area contributed by atoms with Gasteiger partial charge in [-0.3, -0.25) is 0 Å². The molecule has 0 amide bonds. The summed E-state index contributed by atoms with van der Waals surface area (Å²) in [7, 11) is 1.50. The van der Waals surface area contributed by atoms with Crippen LogP contribution in [0.1, 0.15) is 0 Å². The molecule has 0 fully saturated rings. The molecule has 1 heterocycles. The van der Waals surface area contributed by atoms with E-state index in [4.69, 9.17) is 14.9 Å². The standard InChI is InChI=1S/C8H13N3O3/c1-14-7-2-3-9-8(11-7)10-6(4-12)5-13/h2-3,6,12-13H,4-5H2,1H3,(H,9,10,11). The van der Waals surface area contributed by atoms with Crippen molar-refractivity contribution in [3.8, 4) is 5.88 Å². The summed E-state index contributed by atoms with van der Waals surface area (Å²) in [5.41, 5.74) is 0. The van der Waals surface area contributed by atoms with Crippen LogP contribution in [0.15, 0.2) is 12.3 Å². The van der Waals surface area contributed by atoms with E-state index >= 15 is 0 Å². The predicted octanol–water partition coefficient (Wildman–Crippen LogP) is -0.750. The molecule has 0 aliphatic rings. The van der Waals surface area contributed by atoms with Gasteiger partial charge >= 0.3 is 0 Å². The minimum Gasteiger partial charge on any atom is -0.481 e. The van der Waals surface area contributed by atoms with E-state index in [0.717, 1.165) is 0 Å². The van der Waals surface area contributed by atoms with Gasteiger partial charge in [-0.15, -0.1) is 0 Å². The Morgan fingerprint density at radius 2 is 2.21 bits per heavy atom. The molecule has 0 aromatic carbocycles. The lowest BCUT2D eigenvalue weighted by Crippen LogP contribution is -2.28. The number of anilines is 1. The second-order valence-electron chi connectivity index (χ2n) is 2.63. The SMILES string of the molecule is COc1ccnc(NC(CO)CO)n1. The normalized spacial score (nSPS) is 10.3. The van der Waals surface area contributed by atoms with Gasteiger partial charge in [-0.2, -0.15) is 4.98 Å². The zero-order chi connectivity index (χ0) is 10.4. The van der Waals surface area contributed by atoms with E-state index in [2.05, 4.69) is 15.3 Å². The number of nitrogens with one attached hydrogen (secondary N) is 1. The zero-order valence-electron chi connectivity index (χ0n) is 7.84. The highest BCUT2D eigenvalue weighted by Gasteiger charge is 2.07. The third-order valence-electron chi connectivity index (χ3n) is 1.61. The summed E-state index contributed by atoms with van der Waals surface area (Å²) in [6.45, 7) is -0.367. The van der Waals surface area contributed by atoms with Crippen LogP contribution < -0.4 is 10.1 Å². The quantitative estimate of drug-likeness (QED) is 0.578. The number of aromatic nitrogens is 2. The fourth-order valence-corrected chi connectivity index (χ4v) is 0.857. The highest BCUT2D eigenvalue weighted by Crippen LogP contribution is 2.07. The van der Waals surface area contributed by atoms with Crippen LogP contribution in [-0.4, -0.2) is 46.5 Å². The van der Waals surface area contributed by atoms with Gasteiger partial charge in [0.05, 0.1) is 26.4 Å². The summed E-state index contributed by atoms with van der Waals surface area (Å²) in [6.07, 6.45) is 1.53. The number of aliphatic hydroxyl groups is 2. The average molecular weight is 199 g/mol. The summed E-state index contributed by atoms with van der Waals surface area (Å²) in [6, 6.07) is 1.15. The molecule has 14 heavy (non-hydrogen) atoms. The van der Waals surface area contributed by atoms with Crippen molar-refractivity contribution in [3.05, 3.63) is 12.3 Å². The van der Waals surface area contributed by atoms with Gasteiger partial charge in [-0.1, -0.05) is 0 Å². The number of hydrogen-bond acceptors (Lipinski definition) is 6. The van der Waals surface area contributed by atoms with Gasteiger partial charge < -0.3 is 20.3 Å². The van der Waals surface area contributed by atoms with E-state index in [-0.39, 0.29) is 13.2 Å². The van der Waals surface area contributed by atoms with E-state index in [1.165, 1.54) is 13.3 Å². The second-order valence-corrected chi connectivity index (χ2v) is 2.63.